The van der Waals surface area contributed by atoms with Gasteiger partial charge in [0.05, 0.1) is 6.42 Å². The highest BCUT2D eigenvalue weighted by Crippen LogP contribution is 2.59. The molecule has 0 radical (unpaired) electrons. The normalized spacial score (nSPS) is 22.1. The fourth-order valence-electron chi connectivity index (χ4n) is 4.69. The molecular formula is C28H38O4. The Morgan fingerprint density at radius 2 is 1.97 bits per heavy atom. The van der Waals surface area contributed by atoms with Crippen LogP contribution in [0.2, 0.25) is 0 Å². The van der Waals surface area contributed by atoms with Crippen molar-refractivity contribution >= 4 is 11.8 Å². The lowest BCUT2D eigenvalue weighted by molar-refractivity contribution is -0.151. The Hall–Kier alpha value is -2.36. The Labute approximate surface area is 192 Å². The van der Waals surface area contributed by atoms with Crippen LogP contribution in [0, 0.1) is 11.3 Å². The van der Waals surface area contributed by atoms with Gasteiger partial charge in [-0.3, -0.25) is 9.59 Å². The molecule has 0 amide bonds. The fraction of sp³-hybridized carbons (Fsp3) is 0.571. The zero-order chi connectivity index (χ0) is 23.0. The molecule has 1 fully saturated rings. The number of Topliss-reactive ketones (excluding diaryl/α,β-unsaturated/α-hetero) is 1. The Balaban J connectivity index is 1.41. The van der Waals surface area contributed by atoms with Gasteiger partial charge in [-0.15, -0.1) is 0 Å². The molecule has 2 unspecified atom stereocenters. The summed E-state index contributed by atoms with van der Waals surface area (Å²) in [7, 11) is 0. The number of ether oxygens (including phenoxy) is 1. The van der Waals surface area contributed by atoms with E-state index < -0.39 is 0 Å². The molecule has 3 atom stereocenters. The van der Waals surface area contributed by atoms with Gasteiger partial charge < -0.3 is 9.84 Å². The molecule has 2 aliphatic carbocycles. The van der Waals surface area contributed by atoms with Crippen molar-refractivity contribution < 1.29 is 19.4 Å². The Morgan fingerprint density at radius 1 is 1.16 bits per heavy atom. The lowest BCUT2D eigenvalue weighted by Crippen LogP contribution is -2.22. The van der Waals surface area contributed by atoms with Gasteiger partial charge in [0.2, 0.25) is 0 Å². The van der Waals surface area contributed by atoms with Crippen LogP contribution in [0.1, 0.15) is 83.6 Å². The average molecular weight is 439 g/mol. The zero-order valence-corrected chi connectivity index (χ0v) is 19.6. The van der Waals surface area contributed by atoms with E-state index in [9.17, 15) is 14.7 Å². The number of esters is 1. The third-order valence-corrected chi connectivity index (χ3v) is 6.92. The van der Waals surface area contributed by atoms with Gasteiger partial charge in [0.25, 0.3) is 0 Å². The van der Waals surface area contributed by atoms with Crippen LogP contribution in [0.3, 0.4) is 0 Å². The molecule has 0 spiro atoms. The Kier molecular flexibility index (Phi) is 8.72. The number of carbonyl (C=O) groups excluding carboxylic acids is 2. The van der Waals surface area contributed by atoms with Gasteiger partial charge in [0.1, 0.15) is 17.6 Å². The third kappa shape index (κ3) is 6.82. The number of benzene rings is 1. The summed E-state index contributed by atoms with van der Waals surface area (Å²) in [5.41, 5.74) is 2.22. The Morgan fingerprint density at radius 3 is 2.69 bits per heavy atom. The van der Waals surface area contributed by atoms with Crippen LogP contribution in [0.25, 0.3) is 0 Å². The van der Waals surface area contributed by atoms with E-state index in [1.807, 2.05) is 12.1 Å². The van der Waals surface area contributed by atoms with E-state index in [1.54, 1.807) is 12.1 Å². The molecule has 1 aromatic rings. The van der Waals surface area contributed by atoms with Gasteiger partial charge in [0.15, 0.2) is 0 Å². The number of aromatic hydroxyl groups is 1. The van der Waals surface area contributed by atoms with E-state index in [4.69, 9.17) is 4.74 Å². The van der Waals surface area contributed by atoms with E-state index in [0.717, 1.165) is 44.1 Å². The van der Waals surface area contributed by atoms with Crippen molar-refractivity contribution in [1.82, 2.24) is 0 Å². The molecule has 32 heavy (non-hydrogen) atoms. The summed E-state index contributed by atoms with van der Waals surface area (Å²) in [5, 5.41) is 9.84. The summed E-state index contributed by atoms with van der Waals surface area (Å²) < 4.78 is 5.86. The quantitative estimate of drug-likeness (QED) is 0.338. The molecule has 0 aromatic heterocycles. The smallest absolute Gasteiger partial charge is 0.306 e. The zero-order valence-electron chi connectivity index (χ0n) is 19.6. The lowest BCUT2D eigenvalue weighted by atomic mass is 9.92. The second-order valence-electron chi connectivity index (χ2n) is 9.46. The Bertz CT molecular complexity index is 853. The van der Waals surface area contributed by atoms with E-state index in [-0.39, 0.29) is 29.0 Å². The second-order valence-corrected chi connectivity index (χ2v) is 9.46. The van der Waals surface area contributed by atoms with E-state index in [0.29, 0.717) is 38.0 Å². The highest BCUT2D eigenvalue weighted by Gasteiger charge is 2.53. The number of aryl methyl sites for hydroxylation is 1. The summed E-state index contributed by atoms with van der Waals surface area (Å²) in [6, 6.07) is 7.27. The number of fused-ring (bicyclic) bond motifs is 1. The molecule has 0 aliphatic heterocycles. The molecule has 0 bridgehead atoms. The predicted molar refractivity (Wildman–Crippen MR) is 127 cm³/mol. The molecule has 4 heteroatoms. The monoisotopic (exact) mass is 438 g/mol. The van der Waals surface area contributed by atoms with Crippen LogP contribution in [0.4, 0.5) is 0 Å². The molecular weight excluding hydrogens is 400 g/mol. The molecule has 4 nitrogen and oxygen atoms in total. The first-order chi connectivity index (χ1) is 15.5. The molecule has 174 valence electrons. The van der Waals surface area contributed by atoms with E-state index in [2.05, 4.69) is 32.1 Å². The van der Waals surface area contributed by atoms with Crippen molar-refractivity contribution in [2.24, 2.45) is 11.3 Å². The van der Waals surface area contributed by atoms with Crippen molar-refractivity contribution in [1.29, 1.82) is 0 Å². The molecule has 1 aromatic carbocycles. The minimum absolute atomic E-state index is 0.0239. The maximum absolute atomic E-state index is 12.7. The molecule has 1 N–H and O–H groups in total. The predicted octanol–water partition coefficient (Wildman–Crippen LogP) is 6.47. The van der Waals surface area contributed by atoms with Gasteiger partial charge in [-0.2, -0.15) is 0 Å². The number of ketones is 1. The van der Waals surface area contributed by atoms with Gasteiger partial charge in [-0.1, -0.05) is 68.7 Å². The number of carbonyl (C=O) groups is 2. The maximum Gasteiger partial charge on any atom is 0.306 e. The average Bonchev–Trinajstić information content (AvgIpc) is 3.49. The van der Waals surface area contributed by atoms with Crippen LogP contribution < -0.4 is 0 Å². The summed E-state index contributed by atoms with van der Waals surface area (Å²) in [4.78, 5) is 25.1. The number of phenolic OH excluding ortho intramolecular Hbond substituents is 1. The molecule has 0 heterocycles. The van der Waals surface area contributed by atoms with Gasteiger partial charge in [-0.05, 0) is 56.1 Å². The minimum Gasteiger partial charge on any atom is -0.508 e. The number of para-hydroxylation sites is 1. The van der Waals surface area contributed by atoms with Crippen LogP contribution in [-0.4, -0.2) is 23.0 Å². The number of hydrogen-bond acceptors (Lipinski definition) is 4. The van der Waals surface area contributed by atoms with Crippen molar-refractivity contribution in [2.75, 3.05) is 0 Å². The summed E-state index contributed by atoms with van der Waals surface area (Å²) in [6.45, 7) is 4.28. The molecule has 3 rings (SSSR count). The van der Waals surface area contributed by atoms with Crippen molar-refractivity contribution in [3.05, 3.63) is 53.6 Å². The van der Waals surface area contributed by atoms with Crippen LogP contribution in [0.15, 0.2) is 48.1 Å². The first kappa shape index (κ1) is 24.3. The second kappa shape index (κ2) is 11.5. The maximum atomic E-state index is 12.7. The number of rotatable bonds is 14. The number of unbranched alkanes of at least 4 members (excludes halogenated alkanes) is 1. The third-order valence-electron chi connectivity index (χ3n) is 6.92. The molecule has 0 saturated heterocycles. The van der Waals surface area contributed by atoms with Crippen LogP contribution in [-0.2, 0) is 20.7 Å². The summed E-state index contributed by atoms with van der Waals surface area (Å²) in [6.07, 6.45) is 14.8. The van der Waals surface area contributed by atoms with Gasteiger partial charge in [-0.25, -0.2) is 0 Å². The largest absolute Gasteiger partial charge is 0.508 e. The van der Waals surface area contributed by atoms with Crippen molar-refractivity contribution in [3.8, 4) is 5.75 Å². The topological polar surface area (TPSA) is 63.6 Å². The molecule has 2 aliphatic rings. The van der Waals surface area contributed by atoms with Gasteiger partial charge in [0, 0.05) is 18.3 Å². The summed E-state index contributed by atoms with van der Waals surface area (Å²) in [5.74, 6) is 0.845. The highest BCUT2D eigenvalue weighted by atomic mass is 16.5. The van der Waals surface area contributed by atoms with Gasteiger partial charge >= 0.3 is 5.97 Å². The van der Waals surface area contributed by atoms with Crippen LogP contribution >= 0.6 is 0 Å². The van der Waals surface area contributed by atoms with E-state index >= 15 is 0 Å². The number of phenols is 1. The SMILES string of the molecule is CCCC[C@H](CCC(=O)CCCc1ccccc1O)OC(=O)CC12C=CC(CC)=CC1C2. The van der Waals surface area contributed by atoms with E-state index in [1.165, 1.54) is 5.57 Å². The first-order valence-electron chi connectivity index (χ1n) is 12.3. The van der Waals surface area contributed by atoms with Crippen LogP contribution in [0.5, 0.6) is 5.75 Å². The van der Waals surface area contributed by atoms with Crippen molar-refractivity contribution in [3.63, 3.8) is 0 Å². The highest BCUT2D eigenvalue weighted by molar-refractivity contribution is 5.78. The van der Waals surface area contributed by atoms with Crippen molar-refractivity contribution in [2.45, 2.75) is 90.6 Å². The summed E-state index contributed by atoms with van der Waals surface area (Å²) >= 11 is 0. The lowest BCUT2D eigenvalue weighted by Gasteiger charge is -2.20. The fourth-order valence-corrected chi connectivity index (χ4v) is 4.69. The minimum atomic E-state index is -0.174. The first-order valence-corrected chi connectivity index (χ1v) is 12.3. The number of hydrogen-bond donors (Lipinski definition) is 1. The number of allylic oxidation sites excluding steroid dienone is 4. The standard InChI is InChI=1S/C28H38O4/c1-3-5-12-25(15-14-24(29)11-8-10-22-9-6-7-13-26(22)30)32-27(31)20-28-17-16-21(4-2)18-23(28)19-28/h6-7,9,13,16-18,23,25,30H,3-5,8,10-12,14-15,19-20H2,1-2H3/t23?,25-,28?/m1/s1. The molecule has 1 saturated carbocycles.